The van der Waals surface area contributed by atoms with Gasteiger partial charge in [-0.05, 0) is 61.6 Å². The van der Waals surface area contributed by atoms with Crippen molar-refractivity contribution in [1.29, 1.82) is 0 Å². The molecule has 146 valence electrons. The average Bonchev–Trinajstić information content (AvgIpc) is 2.69. The highest BCUT2D eigenvalue weighted by Crippen LogP contribution is 2.37. The number of ether oxygens (including phenoxy) is 2. The molecule has 27 heavy (non-hydrogen) atoms. The highest BCUT2D eigenvalue weighted by Gasteiger charge is 2.22. The zero-order valence-electron chi connectivity index (χ0n) is 16.3. The Kier molecular flexibility index (Phi) is 6.32. The fourth-order valence-electron chi connectivity index (χ4n) is 3.94. The Hall–Kier alpha value is -2.14. The first-order chi connectivity index (χ1) is 13.0. The van der Waals surface area contributed by atoms with Crippen LogP contribution in [-0.2, 0) is 11.2 Å². The van der Waals surface area contributed by atoms with Gasteiger partial charge in [-0.2, -0.15) is 0 Å². The van der Waals surface area contributed by atoms with Crippen LogP contribution in [0.4, 0.5) is 4.39 Å². The summed E-state index contributed by atoms with van der Waals surface area (Å²) in [6, 6.07) is 5.36. The molecule has 0 atom stereocenters. The minimum absolute atomic E-state index is 0.197. The Morgan fingerprint density at radius 1 is 1.19 bits per heavy atom. The number of nitrogens with zero attached hydrogens (tertiary/aromatic N) is 1. The Morgan fingerprint density at radius 2 is 1.93 bits per heavy atom. The molecular weight excluding hydrogens is 345 g/mol. The lowest BCUT2D eigenvalue weighted by molar-refractivity contribution is 0.0496. The third-order valence-corrected chi connectivity index (χ3v) is 5.46. The zero-order chi connectivity index (χ0) is 19.4. The van der Waals surface area contributed by atoms with Gasteiger partial charge in [0.05, 0.1) is 5.69 Å². The van der Waals surface area contributed by atoms with E-state index >= 15 is 0 Å². The molecule has 0 bridgehead atoms. The Bertz CT molecular complexity index is 801. The first-order valence-corrected chi connectivity index (χ1v) is 9.60. The monoisotopic (exact) mass is 373 g/mol. The van der Waals surface area contributed by atoms with Crippen LogP contribution in [0, 0.1) is 19.7 Å². The molecule has 3 rings (SSSR count). The SMILES string of the molecule is COCOc1ccc(Cc2c(C)cc(O)c(F)c2C)nc1C1CCCCC1. The normalized spacial score (nSPS) is 15.1. The predicted molar refractivity (Wildman–Crippen MR) is 103 cm³/mol. The summed E-state index contributed by atoms with van der Waals surface area (Å²) in [6.07, 6.45) is 6.45. The number of pyridine rings is 1. The van der Waals surface area contributed by atoms with Crippen LogP contribution in [0.3, 0.4) is 0 Å². The average molecular weight is 373 g/mol. The predicted octanol–water partition coefficient (Wildman–Crippen LogP) is 5.16. The number of halogens is 1. The van der Waals surface area contributed by atoms with Gasteiger partial charge >= 0.3 is 0 Å². The van der Waals surface area contributed by atoms with E-state index in [0.717, 1.165) is 41.1 Å². The number of methoxy groups -OCH3 is 1. The number of hydrogen-bond donors (Lipinski definition) is 1. The van der Waals surface area contributed by atoms with Crippen molar-refractivity contribution in [2.24, 2.45) is 0 Å². The molecule has 0 saturated heterocycles. The Balaban J connectivity index is 1.93. The number of aryl methyl sites for hydroxylation is 1. The summed E-state index contributed by atoms with van der Waals surface area (Å²) in [7, 11) is 1.60. The van der Waals surface area contributed by atoms with E-state index in [1.165, 1.54) is 25.3 Å². The standard InChI is InChI=1S/C22H28FNO3/c1-14-11-19(25)21(23)15(2)18(14)12-17-9-10-20(27-13-26-3)22(24-17)16-7-5-4-6-8-16/h9-11,16,25H,4-8,12-13H2,1-3H3. The van der Waals surface area contributed by atoms with Crippen LogP contribution in [0.2, 0.25) is 0 Å². The summed E-state index contributed by atoms with van der Waals surface area (Å²) in [5.41, 5.74) is 4.09. The van der Waals surface area contributed by atoms with Crippen molar-refractivity contribution in [2.45, 2.75) is 58.3 Å². The van der Waals surface area contributed by atoms with Crippen LogP contribution in [0.25, 0.3) is 0 Å². The molecule has 0 radical (unpaired) electrons. The van der Waals surface area contributed by atoms with Gasteiger partial charge in [-0.3, -0.25) is 4.98 Å². The van der Waals surface area contributed by atoms with Crippen LogP contribution in [0.15, 0.2) is 18.2 Å². The fraction of sp³-hybridized carbons (Fsp3) is 0.500. The summed E-state index contributed by atoms with van der Waals surface area (Å²) in [4.78, 5) is 4.91. The van der Waals surface area contributed by atoms with E-state index in [1.807, 2.05) is 19.1 Å². The molecule has 1 aromatic heterocycles. The largest absolute Gasteiger partial charge is 0.505 e. The first-order valence-electron chi connectivity index (χ1n) is 9.60. The summed E-state index contributed by atoms with van der Waals surface area (Å²) in [5.74, 6) is 0.318. The van der Waals surface area contributed by atoms with E-state index < -0.39 is 5.82 Å². The Labute approximate surface area is 160 Å². The zero-order valence-corrected chi connectivity index (χ0v) is 16.3. The van der Waals surface area contributed by atoms with Gasteiger partial charge in [0, 0.05) is 25.1 Å². The number of aromatic hydroxyl groups is 1. The third-order valence-electron chi connectivity index (χ3n) is 5.46. The van der Waals surface area contributed by atoms with E-state index in [0.29, 0.717) is 17.9 Å². The fourth-order valence-corrected chi connectivity index (χ4v) is 3.94. The van der Waals surface area contributed by atoms with Crippen molar-refractivity contribution in [2.75, 3.05) is 13.9 Å². The summed E-state index contributed by atoms with van der Waals surface area (Å²) >= 11 is 0. The van der Waals surface area contributed by atoms with Crippen LogP contribution < -0.4 is 4.74 Å². The van der Waals surface area contributed by atoms with E-state index in [9.17, 15) is 9.50 Å². The number of hydrogen-bond acceptors (Lipinski definition) is 4. The molecule has 2 aromatic rings. The number of phenolic OH excluding ortho intramolecular Hbond substituents is 1. The number of phenols is 1. The highest BCUT2D eigenvalue weighted by molar-refractivity contribution is 5.44. The molecule has 0 unspecified atom stereocenters. The lowest BCUT2D eigenvalue weighted by Gasteiger charge is -2.24. The van der Waals surface area contributed by atoms with Crippen molar-refractivity contribution in [3.05, 3.63) is 52.1 Å². The van der Waals surface area contributed by atoms with Crippen molar-refractivity contribution < 1.29 is 19.0 Å². The minimum Gasteiger partial charge on any atom is -0.505 e. The van der Waals surface area contributed by atoms with Gasteiger partial charge in [0.1, 0.15) is 5.75 Å². The molecular formula is C22H28FNO3. The molecule has 0 amide bonds. The van der Waals surface area contributed by atoms with Gasteiger partial charge in [-0.15, -0.1) is 0 Å². The van der Waals surface area contributed by atoms with Crippen molar-refractivity contribution >= 4 is 0 Å². The second-order valence-corrected chi connectivity index (χ2v) is 7.38. The van der Waals surface area contributed by atoms with Crippen molar-refractivity contribution in [1.82, 2.24) is 4.98 Å². The number of aromatic nitrogens is 1. The van der Waals surface area contributed by atoms with E-state index in [2.05, 4.69) is 0 Å². The molecule has 1 heterocycles. The molecule has 0 aliphatic heterocycles. The van der Waals surface area contributed by atoms with E-state index in [-0.39, 0.29) is 12.5 Å². The van der Waals surface area contributed by atoms with Gasteiger partial charge in [-0.25, -0.2) is 4.39 Å². The van der Waals surface area contributed by atoms with E-state index in [1.54, 1.807) is 14.0 Å². The lowest BCUT2D eigenvalue weighted by Crippen LogP contribution is -2.12. The topological polar surface area (TPSA) is 51.6 Å². The van der Waals surface area contributed by atoms with Gasteiger partial charge in [0.25, 0.3) is 0 Å². The maximum atomic E-state index is 14.1. The van der Waals surface area contributed by atoms with Gasteiger partial charge < -0.3 is 14.6 Å². The van der Waals surface area contributed by atoms with Crippen LogP contribution in [0.1, 0.15) is 66.1 Å². The molecule has 5 heteroatoms. The summed E-state index contributed by atoms with van der Waals surface area (Å²) < 4.78 is 24.9. The van der Waals surface area contributed by atoms with Gasteiger partial charge in [0.15, 0.2) is 18.4 Å². The molecule has 1 aliphatic carbocycles. The molecule has 1 fully saturated rings. The smallest absolute Gasteiger partial charge is 0.188 e. The van der Waals surface area contributed by atoms with Gasteiger partial charge in [-0.1, -0.05) is 19.3 Å². The van der Waals surface area contributed by atoms with Crippen molar-refractivity contribution in [3.63, 3.8) is 0 Å². The molecule has 1 aliphatic rings. The maximum Gasteiger partial charge on any atom is 0.188 e. The van der Waals surface area contributed by atoms with Gasteiger partial charge in [0.2, 0.25) is 0 Å². The molecule has 1 N–H and O–H groups in total. The molecule has 0 spiro atoms. The molecule has 4 nitrogen and oxygen atoms in total. The summed E-state index contributed by atoms with van der Waals surface area (Å²) in [6.45, 7) is 3.79. The first kappa shape index (κ1) is 19.6. The summed E-state index contributed by atoms with van der Waals surface area (Å²) in [5, 5.41) is 9.69. The molecule has 1 aromatic carbocycles. The number of benzene rings is 1. The molecule has 1 saturated carbocycles. The van der Waals surface area contributed by atoms with Crippen molar-refractivity contribution in [3.8, 4) is 11.5 Å². The second-order valence-electron chi connectivity index (χ2n) is 7.38. The Morgan fingerprint density at radius 3 is 2.63 bits per heavy atom. The quantitative estimate of drug-likeness (QED) is 0.710. The third kappa shape index (κ3) is 4.41. The highest BCUT2D eigenvalue weighted by atomic mass is 19.1. The van der Waals surface area contributed by atoms with Crippen LogP contribution in [0.5, 0.6) is 11.5 Å². The van der Waals surface area contributed by atoms with Crippen LogP contribution >= 0.6 is 0 Å². The second kappa shape index (κ2) is 8.70. The van der Waals surface area contributed by atoms with E-state index in [4.69, 9.17) is 14.5 Å². The lowest BCUT2D eigenvalue weighted by atomic mass is 9.86. The number of rotatable bonds is 6. The maximum absolute atomic E-state index is 14.1. The van der Waals surface area contributed by atoms with Crippen LogP contribution in [-0.4, -0.2) is 24.0 Å². The minimum atomic E-state index is -0.553.